The highest BCUT2D eigenvalue weighted by Gasteiger charge is 2.29. The van der Waals surface area contributed by atoms with Gasteiger partial charge < -0.3 is 20.1 Å². The largest absolute Gasteiger partial charge is 0.390 e. The first-order valence-corrected chi connectivity index (χ1v) is 11.4. The summed E-state index contributed by atoms with van der Waals surface area (Å²) in [6.45, 7) is 4.34. The third kappa shape index (κ3) is 4.63. The summed E-state index contributed by atoms with van der Waals surface area (Å²) in [5, 5.41) is 13.7. The Morgan fingerprint density at radius 2 is 1.79 bits per heavy atom. The van der Waals surface area contributed by atoms with Gasteiger partial charge in [0, 0.05) is 25.2 Å². The van der Waals surface area contributed by atoms with E-state index in [1.54, 1.807) is 30.3 Å². The van der Waals surface area contributed by atoms with Crippen molar-refractivity contribution in [3.8, 4) is 5.82 Å². The number of rotatable bonds is 5. The summed E-state index contributed by atoms with van der Waals surface area (Å²) in [6.07, 6.45) is 0.175. The summed E-state index contributed by atoms with van der Waals surface area (Å²) in [6, 6.07) is 8.90. The second-order valence-corrected chi connectivity index (χ2v) is 9.02. The first-order chi connectivity index (χ1) is 15.9. The Morgan fingerprint density at radius 1 is 1.09 bits per heavy atom. The van der Waals surface area contributed by atoms with Crippen molar-refractivity contribution >= 4 is 22.8 Å². The van der Waals surface area contributed by atoms with Crippen LogP contribution in [0.1, 0.15) is 44.9 Å². The summed E-state index contributed by atoms with van der Waals surface area (Å²) >= 11 is 0. The first-order valence-electron chi connectivity index (χ1n) is 11.4. The average Bonchev–Trinajstić information content (AvgIpc) is 3.21. The number of imidazole rings is 1. The molecule has 8 nitrogen and oxygen atoms in total. The van der Waals surface area contributed by atoms with Gasteiger partial charge in [0.1, 0.15) is 11.6 Å². The zero-order valence-corrected chi connectivity index (χ0v) is 18.5. The second-order valence-electron chi connectivity index (χ2n) is 9.02. The van der Waals surface area contributed by atoms with Crippen LogP contribution in [0, 0.1) is 0 Å². The predicted molar refractivity (Wildman–Crippen MR) is 121 cm³/mol. The standard InChI is InChI=1S/C23H28F2N6O2/c1-23(32)8-6-15(7-9-23)26-22-28-18(30-10-12-33-13-11-30)14-19(29-22)31-17-5-3-2-4-16(17)27-21(31)20(24)25/h2-5,14-15,20,32H,6-13H2,1H3,(H,26,28,29). The van der Waals surface area contributed by atoms with Crippen LogP contribution in [0.4, 0.5) is 20.5 Å². The van der Waals surface area contributed by atoms with Crippen molar-refractivity contribution in [2.75, 3.05) is 36.5 Å². The van der Waals surface area contributed by atoms with E-state index in [0.717, 1.165) is 12.8 Å². The van der Waals surface area contributed by atoms with Gasteiger partial charge in [-0.1, -0.05) is 12.1 Å². The van der Waals surface area contributed by atoms with Crippen molar-refractivity contribution in [2.45, 2.75) is 50.7 Å². The molecule has 5 rings (SSSR count). The van der Waals surface area contributed by atoms with Crippen LogP contribution in [-0.2, 0) is 4.74 Å². The Kier molecular flexibility index (Phi) is 5.88. The van der Waals surface area contributed by atoms with E-state index in [4.69, 9.17) is 9.72 Å². The van der Waals surface area contributed by atoms with Crippen LogP contribution in [0.25, 0.3) is 16.9 Å². The minimum absolute atomic E-state index is 0.104. The SMILES string of the molecule is CC1(O)CCC(Nc2nc(N3CCOCC3)cc(-n3c(C(F)F)nc4ccccc43)n2)CC1. The molecule has 0 amide bonds. The Balaban J connectivity index is 1.56. The van der Waals surface area contributed by atoms with E-state index in [9.17, 15) is 13.9 Å². The van der Waals surface area contributed by atoms with E-state index in [1.165, 1.54) is 4.57 Å². The zero-order chi connectivity index (χ0) is 23.0. The summed E-state index contributed by atoms with van der Waals surface area (Å²) in [4.78, 5) is 15.6. The number of benzene rings is 1. The maximum atomic E-state index is 14.0. The lowest BCUT2D eigenvalue weighted by atomic mass is 9.84. The number of alkyl halides is 2. The van der Waals surface area contributed by atoms with Crippen molar-refractivity contribution in [1.82, 2.24) is 19.5 Å². The molecule has 2 N–H and O–H groups in total. The van der Waals surface area contributed by atoms with Gasteiger partial charge in [0.25, 0.3) is 6.43 Å². The number of aromatic nitrogens is 4. The number of nitrogens with zero attached hydrogens (tertiary/aromatic N) is 5. The monoisotopic (exact) mass is 458 g/mol. The minimum atomic E-state index is -2.75. The van der Waals surface area contributed by atoms with E-state index < -0.39 is 12.0 Å². The lowest BCUT2D eigenvalue weighted by Crippen LogP contribution is -2.38. The molecular formula is C23H28F2N6O2. The highest BCUT2D eigenvalue weighted by atomic mass is 19.3. The van der Waals surface area contributed by atoms with Crippen LogP contribution >= 0.6 is 0 Å². The molecule has 176 valence electrons. The summed E-state index contributed by atoms with van der Waals surface area (Å²) in [5.41, 5.74) is 0.407. The van der Waals surface area contributed by atoms with Gasteiger partial charge in [0.2, 0.25) is 5.95 Å². The smallest absolute Gasteiger partial charge is 0.296 e. The molecule has 0 unspecified atom stereocenters. The van der Waals surface area contributed by atoms with Crippen molar-refractivity contribution in [3.63, 3.8) is 0 Å². The lowest BCUT2D eigenvalue weighted by molar-refractivity contribution is 0.0195. The summed E-state index contributed by atoms with van der Waals surface area (Å²) in [7, 11) is 0. The molecular weight excluding hydrogens is 430 g/mol. The van der Waals surface area contributed by atoms with Crippen LogP contribution in [0.2, 0.25) is 0 Å². The Morgan fingerprint density at radius 3 is 2.52 bits per heavy atom. The quantitative estimate of drug-likeness (QED) is 0.603. The van der Waals surface area contributed by atoms with Gasteiger partial charge in [-0.15, -0.1) is 0 Å². The summed E-state index contributed by atoms with van der Waals surface area (Å²) in [5.74, 6) is 1.05. The van der Waals surface area contributed by atoms with E-state index >= 15 is 0 Å². The number of ether oxygens (including phenoxy) is 1. The number of halogens is 2. The number of hydrogen-bond acceptors (Lipinski definition) is 7. The van der Waals surface area contributed by atoms with E-state index in [2.05, 4.69) is 20.2 Å². The van der Waals surface area contributed by atoms with Crippen molar-refractivity contribution < 1.29 is 18.6 Å². The molecule has 3 heterocycles. The number of aliphatic hydroxyl groups is 1. The average molecular weight is 459 g/mol. The number of anilines is 2. The summed E-state index contributed by atoms with van der Waals surface area (Å²) < 4.78 is 34.8. The Labute approximate surface area is 190 Å². The molecule has 10 heteroatoms. The number of fused-ring (bicyclic) bond motifs is 1. The number of nitrogens with one attached hydrogen (secondary N) is 1. The molecule has 1 saturated carbocycles. The van der Waals surface area contributed by atoms with Gasteiger partial charge in [-0.3, -0.25) is 4.57 Å². The normalized spacial score (nSPS) is 23.9. The topological polar surface area (TPSA) is 88.3 Å². The maximum Gasteiger partial charge on any atom is 0.296 e. The molecule has 2 aromatic heterocycles. The molecule has 1 aliphatic carbocycles. The van der Waals surface area contributed by atoms with Crippen LogP contribution in [0.3, 0.4) is 0 Å². The zero-order valence-electron chi connectivity index (χ0n) is 18.5. The molecule has 2 aliphatic rings. The minimum Gasteiger partial charge on any atom is -0.390 e. The molecule has 3 aromatic rings. The van der Waals surface area contributed by atoms with Crippen LogP contribution in [0.5, 0.6) is 0 Å². The van der Waals surface area contributed by atoms with Crippen LogP contribution < -0.4 is 10.2 Å². The van der Waals surface area contributed by atoms with Crippen LogP contribution in [0.15, 0.2) is 30.3 Å². The fourth-order valence-electron chi connectivity index (χ4n) is 4.55. The highest BCUT2D eigenvalue weighted by Crippen LogP contribution is 2.31. The number of hydrogen-bond donors (Lipinski definition) is 2. The Bertz CT molecular complexity index is 1120. The van der Waals surface area contributed by atoms with E-state index in [0.29, 0.717) is 67.8 Å². The molecule has 0 atom stereocenters. The van der Waals surface area contributed by atoms with E-state index in [-0.39, 0.29) is 11.9 Å². The van der Waals surface area contributed by atoms with Gasteiger partial charge >= 0.3 is 0 Å². The molecule has 33 heavy (non-hydrogen) atoms. The molecule has 1 saturated heterocycles. The fourth-order valence-corrected chi connectivity index (χ4v) is 4.55. The Hall–Kier alpha value is -2.85. The molecule has 0 radical (unpaired) electrons. The van der Waals surface area contributed by atoms with Gasteiger partial charge in [-0.05, 0) is 44.7 Å². The first kappa shape index (κ1) is 22.0. The molecule has 0 bridgehead atoms. The predicted octanol–water partition coefficient (Wildman–Crippen LogP) is 3.70. The van der Waals surface area contributed by atoms with Crippen LogP contribution in [-0.4, -0.2) is 62.6 Å². The fraction of sp³-hybridized carbons (Fsp3) is 0.522. The van der Waals surface area contributed by atoms with Gasteiger partial charge in [-0.25, -0.2) is 13.8 Å². The van der Waals surface area contributed by atoms with Crippen molar-refractivity contribution in [2.24, 2.45) is 0 Å². The van der Waals surface area contributed by atoms with Gasteiger partial charge in [0.05, 0.1) is 29.8 Å². The molecule has 0 spiro atoms. The number of morpholine rings is 1. The van der Waals surface area contributed by atoms with Gasteiger partial charge in [0.15, 0.2) is 5.82 Å². The maximum absolute atomic E-state index is 14.0. The molecule has 1 aliphatic heterocycles. The van der Waals surface area contributed by atoms with Crippen molar-refractivity contribution in [1.29, 1.82) is 0 Å². The third-order valence-corrected chi connectivity index (χ3v) is 6.44. The highest BCUT2D eigenvalue weighted by molar-refractivity contribution is 5.78. The molecule has 1 aromatic carbocycles. The van der Waals surface area contributed by atoms with Gasteiger partial charge in [-0.2, -0.15) is 9.97 Å². The molecule has 2 fully saturated rings. The van der Waals surface area contributed by atoms with Crippen molar-refractivity contribution in [3.05, 3.63) is 36.2 Å². The second kappa shape index (κ2) is 8.83. The lowest BCUT2D eigenvalue weighted by Gasteiger charge is -2.33. The van der Waals surface area contributed by atoms with E-state index in [1.807, 2.05) is 6.92 Å². The number of para-hydroxylation sites is 2. The third-order valence-electron chi connectivity index (χ3n) is 6.44.